The fourth-order valence-corrected chi connectivity index (χ4v) is 5.94. The average molecular weight is 543 g/mol. The number of nitrogens with one attached hydrogen (secondary N) is 1. The van der Waals surface area contributed by atoms with Gasteiger partial charge in [0.1, 0.15) is 29.3 Å². The van der Waals surface area contributed by atoms with Gasteiger partial charge in [0.2, 0.25) is 0 Å². The van der Waals surface area contributed by atoms with Crippen LogP contribution in [0.4, 0.5) is 16.3 Å². The summed E-state index contributed by atoms with van der Waals surface area (Å²) in [4.78, 5) is 41.2. The highest BCUT2D eigenvalue weighted by atomic mass is 16.5. The van der Waals surface area contributed by atoms with Gasteiger partial charge in [0.15, 0.2) is 0 Å². The maximum Gasteiger partial charge on any atom is 0.322 e. The smallest absolute Gasteiger partial charge is 0.322 e. The molecule has 2 aromatic carbocycles. The van der Waals surface area contributed by atoms with Crippen molar-refractivity contribution in [3.05, 3.63) is 71.2 Å². The molecule has 0 radical (unpaired) electrons. The lowest BCUT2D eigenvalue weighted by atomic mass is 9.99. The molecule has 0 unspecified atom stereocenters. The van der Waals surface area contributed by atoms with Crippen LogP contribution >= 0.6 is 0 Å². The summed E-state index contributed by atoms with van der Waals surface area (Å²) in [5.74, 6) is 2.24. The van der Waals surface area contributed by atoms with E-state index in [0.717, 1.165) is 72.9 Å². The summed E-state index contributed by atoms with van der Waals surface area (Å²) in [6.07, 6.45) is 4.70. The van der Waals surface area contributed by atoms with Crippen LogP contribution in [0.2, 0.25) is 0 Å². The first-order chi connectivity index (χ1) is 19.5. The van der Waals surface area contributed by atoms with Crippen LogP contribution in [0.15, 0.2) is 48.8 Å². The van der Waals surface area contributed by atoms with Crippen molar-refractivity contribution in [2.45, 2.75) is 38.3 Å². The number of aromatic nitrogens is 2. The number of carbonyl (C=O) groups is 2. The molecule has 208 valence electrons. The number of amides is 3. The molecule has 3 aliphatic rings. The second-order valence-corrected chi connectivity index (χ2v) is 10.5. The van der Waals surface area contributed by atoms with Crippen LogP contribution in [0.3, 0.4) is 0 Å². The molecule has 1 aromatic heterocycles. The molecule has 0 bridgehead atoms. The summed E-state index contributed by atoms with van der Waals surface area (Å²) >= 11 is 0. The Bertz CT molecular complexity index is 1420. The number of urea groups is 1. The first-order valence-electron chi connectivity index (χ1n) is 13.8. The number of fused-ring (bicyclic) bond motifs is 2. The quantitative estimate of drug-likeness (QED) is 0.524. The minimum atomic E-state index is -0.0931. The van der Waals surface area contributed by atoms with E-state index in [-0.39, 0.29) is 18.0 Å². The molecule has 0 spiro atoms. The maximum atomic E-state index is 13.4. The van der Waals surface area contributed by atoms with Gasteiger partial charge in [-0.15, -0.1) is 0 Å². The molecule has 0 aliphatic carbocycles. The molecule has 10 nitrogen and oxygen atoms in total. The average Bonchev–Trinajstić information content (AvgIpc) is 3.17. The summed E-state index contributed by atoms with van der Waals surface area (Å²) in [6.45, 7) is 3.34. The fraction of sp³-hybridized carbons (Fsp3) is 0.400. The molecule has 40 heavy (non-hydrogen) atoms. The zero-order valence-electron chi connectivity index (χ0n) is 22.9. The second-order valence-electron chi connectivity index (χ2n) is 10.5. The third-order valence-corrected chi connectivity index (χ3v) is 8.25. The molecular weight excluding hydrogens is 508 g/mol. The lowest BCUT2D eigenvalue weighted by molar-refractivity contribution is 0.0728. The summed E-state index contributed by atoms with van der Waals surface area (Å²) in [7, 11) is 3.30. The third kappa shape index (κ3) is 5.13. The lowest BCUT2D eigenvalue weighted by Gasteiger charge is -2.38. The van der Waals surface area contributed by atoms with Gasteiger partial charge in [-0.3, -0.25) is 4.79 Å². The largest absolute Gasteiger partial charge is 0.497 e. The Balaban J connectivity index is 1.09. The standard InChI is InChI=1S/C30H34N6O4/c1-39-24-4-3-20-7-11-35(18-22(20)16-24)29(37)27-17-28(32-19-31-27)34-12-9-23(10-13-34)36-14-8-21-15-25(40-2)5-6-26(21)33-30(36)38/h3-6,15-17,19,23H,7-14,18H2,1-2H3,(H,33,38). The Kier molecular flexibility index (Phi) is 7.15. The van der Waals surface area contributed by atoms with E-state index in [1.807, 2.05) is 40.1 Å². The van der Waals surface area contributed by atoms with E-state index < -0.39 is 0 Å². The van der Waals surface area contributed by atoms with E-state index in [2.05, 4.69) is 26.3 Å². The molecule has 3 amide bonds. The SMILES string of the molecule is COc1ccc2c(c1)CN(C(=O)c1cc(N3CCC(N4CCc5cc(OC)ccc5NC4=O)CC3)ncn1)CC2. The Hall–Kier alpha value is -4.34. The third-order valence-electron chi connectivity index (χ3n) is 8.25. The topological polar surface area (TPSA) is 100 Å². The molecule has 1 fully saturated rings. The van der Waals surface area contributed by atoms with Gasteiger partial charge in [-0.1, -0.05) is 6.07 Å². The van der Waals surface area contributed by atoms with Gasteiger partial charge in [0.25, 0.3) is 5.91 Å². The second kappa shape index (κ2) is 11.0. The molecule has 1 N–H and O–H groups in total. The van der Waals surface area contributed by atoms with Gasteiger partial charge >= 0.3 is 6.03 Å². The number of hydrogen-bond donors (Lipinski definition) is 1. The van der Waals surface area contributed by atoms with Crippen LogP contribution < -0.4 is 19.7 Å². The van der Waals surface area contributed by atoms with E-state index >= 15 is 0 Å². The Morgan fingerprint density at radius 3 is 2.38 bits per heavy atom. The van der Waals surface area contributed by atoms with Crippen molar-refractivity contribution in [3.63, 3.8) is 0 Å². The molecule has 0 atom stereocenters. The molecule has 6 rings (SSSR count). The number of carbonyl (C=O) groups excluding carboxylic acids is 2. The number of piperidine rings is 1. The normalized spacial score (nSPS) is 17.4. The van der Waals surface area contributed by atoms with Gasteiger partial charge < -0.3 is 29.5 Å². The lowest BCUT2D eigenvalue weighted by Crippen LogP contribution is -2.49. The summed E-state index contributed by atoms with van der Waals surface area (Å²) in [6, 6.07) is 13.7. The van der Waals surface area contributed by atoms with Gasteiger partial charge in [-0.2, -0.15) is 0 Å². The molecule has 10 heteroatoms. The molecule has 1 saturated heterocycles. The highest BCUT2D eigenvalue weighted by molar-refractivity contribution is 5.93. The summed E-state index contributed by atoms with van der Waals surface area (Å²) < 4.78 is 10.7. The Morgan fingerprint density at radius 1 is 0.875 bits per heavy atom. The van der Waals surface area contributed by atoms with Crippen LogP contribution in [0.25, 0.3) is 0 Å². The minimum Gasteiger partial charge on any atom is -0.497 e. The van der Waals surface area contributed by atoms with Crippen LogP contribution in [0.5, 0.6) is 11.5 Å². The fourth-order valence-electron chi connectivity index (χ4n) is 5.94. The number of anilines is 2. The van der Waals surface area contributed by atoms with Crippen LogP contribution in [0.1, 0.15) is 40.0 Å². The van der Waals surface area contributed by atoms with Crippen LogP contribution in [0, 0.1) is 0 Å². The van der Waals surface area contributed by atoms with E-state index in [0.29, 0.717) is 25.3 Å². The van der Waals surface area contributed by atoms with Gasteiger partial charge in [0, 0.05) is 50.5 Å². The number of ether oxygens (including phenoxy) is 2. The van der Waals surface area contributed by atoms with Crippen molar-refractivity contribution in [2.75, 3.05) is 50.6 Å². The van der Waals surface area contributed by atoms with Gasteiger partial charge in [0.05, 0.1) is 14.2 Å². The summed E-state index contributed by atoms with van der Waals surface area (Å²) in [5.41, 5.74) is 4.69. The van der Waals surface area contributed by atoms with Crippen molar-refractivity contribution >= 4 is 23.4 Å². The van der Waals surface area contributed by atoms with Crippen molar-refractivity contribution in [2.24, 2.45) is 0 Å². The van der Waals surface area contributed by atoms with Crippen LogP contribution in [-0.2, 0) is 19.4 Å². The van der Waals surface area contributed by atoms with Gasteiger partial charge in [-0.25, -0.2) is 14.8 Å². The number of rotatable bonds is 5. The zero-order valence-corrected chi connectivity index (χ0v) is 22.9. The van der Waals surface area contributed by atoms with Crippen molar-refractivity contribution < 1.29 is 19.1 Å². The predicted octanol–water partition coefficient (Wildman–Crippen LogP) is 3.75. The van der Waals surface area contributed by atoms with Crippen LogP contribution in [-0.4, -0.2) is 78.1 Å². The number of hydrogen-bond acceptors (Lipinski definition) is 7. The number of methoxy groups -OCH3 is 2. The van der Waals surface area contributed by atoms with E-state index in [1.165, 1.54) is 11.9 Å². The molecule has 4 heterocycles. The molecule has 3 aromatic rings. The van der Waals surface area contributed by atoms with Crippen molar-refractivity contribution in [1.29, 1.82) is 0 Å². The maximum absolute atomic E-state index is 13.4. The van der Waals surface area contributed by atoms with E-state index in [9.17, 15) is 9.59 Å². The molecule has 0 saturated carbocycles. The number of nitrogens with zero attached hydrogens (tertiary/aromatic N) is 5. The predicted molar refractivity (Wildman–Crippen MR) is 151 cm³/mol. The highest BCUT2D eigenvalue weighted by Crippen LogP contribution is 2.29. The minimum absolute atomic E-state index is 0.0574. The van der Waals surface area contributed by atoms with E-state index in [4.69, 9.17) is 9.47 Å². The van der Waals surface area contributed by atoms with Crippen molar-refractivity contribution in [1.82, 2.24) is 19.8 Å². The monoisotopic (exact) mass is 542 g/mol. The highest BCUT2D eigenvalue weighted by Gasteiger charge is 2.31. The first kappa shape index (κ1) is 25.9. The summed E-state index contributed by atoms with van der Waals surface area (Å²) in [5, 5.41) is 3.08. The van der Waals surface area contributed by atoms with Gasteiger partial charge in [-0.05, 0) is 72.7 Å². The molecular formula is C30H34N6O4. The van der Waals surface area contributed by atoms with E-state index in [1.54, 1.807) is 20.3 Å². The Labute approximate surface area is 233 Å². The Morgan fingerprint density at radius 2 is 1.60 bits per heavy atom. The molecule has 3 aliphatic heterocycles. The zero-order chi connectivity index (χ0) is 27.6. The first-order valence-corrected chi connectivity index (χ1v) is 13.8. The van der Waals surface area contributed by atoms with Crippen molar-refractivity contribution in [3.8, 4) is 11.5 Å². The number of benzene rings is 2.